The van der Waals surface area contributed by atoms with Gasteiger partial charge in [0.25, 0.3) is 0 Å². The summed E-state index contributed by atoms with van der Waals surface area (Å²) in [5, 5.41) is 11.6. The van der Waals surface area contributed by atoms with Gasteiger partial charge in [0.15, 0.2) is 5.16 Å². The highest BCUT2D eigenvalue weighted by Gasteiger charge is 2.26. The standard InChI is InChI=1S/C12H19F3N4S/c1-9(7-16-8-12(13,14)15)20-11-18-17-10-5-3-2-4-6-19(10)11/h9,16H,2-8H2,1H3. The van der Waals surface area contributed by atoms with E-state index in [4.69, 9.17) is 0 Å². The van der Waals surface area contributed by atoms with Gasteiger partial charge in [-0.1, -0.05) is 25.1 Å². The van der Waals surface area contributed by atoms with Crippen LogP contribution in [0.15, 0.2) is 5.16 Å². The first-order valence-electron chi connectivity index (χ1n) is 6.82. The lowest BCUT2D eigenvalue weighted by Gasteiger charge is -2.14. The van der Waals surface area contributed by atoms with Crippen LogP contribution in [0.3, 0.4) is 0 Å². The SMILES string of the molecule is CC(CNCC(F)(F)F)Sc1nnc2n1CCCCC2. The van der Waals surface area contributed by atoms with E-state index in [1.54, 1.807) is 0 Å². The fraction of sp³-hybridized carbons (Fsp3) is 0.833. The zero-order valence-corrected chi connectivity index (χ0v) is 12.2. The smallest absolute Gasteiger partial charge is 0.308 e. The number of alkyl halides is 3. The van der Waals surface area contributed by atoms with Crippen molar-refractivity contribution in [1.82, 2.24) is 20.1 Å². The second kappa shape index (κ2) is 6.80. The molecule has 2 rings (SSSR count). The second-order valence-corrected chi connectivity index (χ2v) is 6.44. The van der Waals surface area contributed by atoms with Crippen LogP contribution in [0.1, 0.15) is 32.0 Å². The van der Waals surface area contributed by atoms with E-state index in [9.17, 15) is 13.2 Å². The molecule has 0 aliphatic carbocycles. The van der Waals surface area contributed by atoms with Crippen molar-refractivity contribution in [2.75, 3.05) is 13.1 Å². The summed E-state index contributed by atoms with van der Waals surface area (Å²) < 4.78 is 38.3. The van der Waals surface area contributed by atoms with Crippen molar-refractivity contribution in [3.05, 3.63) is 5.82 Å². The molecule has 0 amide bonds. The summed E-state index contributed by atoms with van der Waals surface area (Å²) in [7, 11) is 0. The molecule has 8 heteroatoms. The van der Waals surface area contributed by atoms with Crippen LogP contribution in [-0.4, -0.2) is 39.3 Å². The van der Waals surface area contributed by atoms with E-state index in [0.717, 1.165) is 36.8 Å². The molecule has 0 saturated heterocycles. The van der Waals surface area contributed by atoms with E-state index < -0.39 is 12.7 Å². The van der Waals surface area contributed by atoms with Crippen LogP contribution >= 0.6 is 11.8 Å². The van der Waals surface area contributed by atoms with Gasteiger partial charge in [-0.2, -0.15) is 13.2 Å². The second-order valence-electron chi connectivity index (χ2n) is 5.04. The van der Waals surface area contributed by atoms with Gasteiger partial charge >= 0.3 is 6.18 Å². The Morgan fingerprint density at radius 2 is 2.10 bits per heavy atom. The van der Waals surface area contributed by atoms with Crippen molar-refractivity contribution in [2.24, 2.45) is 0 Å². The third-order valence-electron chi connectivity index (χ3n) is 3.14. The number of thioether (sulfide) groups is 1. The summed E-state index contributed by atoms with van der Waals surface area (Å²) in [6.07, 6.45) is 0.214. The average Bonchev–Trinajstić information content (AvgIpc) is 2.59. The van der Waals surface area contributed by atoms with E-state index in [1.807, 2.05) is 6.92 Å². The maximum atomic E-state index is 12.1. The lowest BCUT2D eigenvalue weighted by atomic mass is 10.2. The Kier molecular flexibility index (Phi) is 5.31. The van der Waals surface area contributed by atoms with Crippen LogP contribution in [0.5, 0.6) is 0 Å². The quantitative estimate of drug-likeness (QED) is 0.849. The van der Waals surface area contributed by atoms with E-state index in [2.05, 4.69) is 20.1 Å². The molecule has 1 aliphatic heterocycles. The molecule has 0 fully saturated rings. The van der Waals surface area contributed by atoms with Crippen LogP contribution in [0.25, 0.3) is 0 Å². The van der Waals surface area contributed by atoms with Crippen LogP contribution in [-0.2, 0) is 13.0 Å². The topological polar surface area (TPSA) is 42.7 Å². The normalized spacial score (nSPS) is 17.6. The van der Waals surface area contributed by atoms with Gasteiger partial charge in [0.05, 0.1) is 6.54 Å². The van der Waals surface area contributed by atoms with Gasteiger partial charge in [0.1, 0.15) is 5.82 Å². The molecule has 114 valence electrons. The molecule has 2 heterocycles. The number of aryl methyl sites for hydroxylation is 1. The molecule has 20 heavy (non-hydrogen) atoms. The van der Waals surface area contributed by atoms with Gasteiger partial charge in [0, 0.05) is 24.8 Å². The van der Waals surface area contributed by atoms with E-state index >= 15 is 0 Å². The largest absolute Gasteiger partial charge is 0.401 e. The minimum Gasteiger partial charge on any atom is -0.308 e. The van der Waals surface area contributed by atoms with E-state index in [0.29, 0.717) is 6.54 Å². The Hall–Kier alpha value is -0.760. The fourth-order valence-corrected chi connectivity index (χ4v) is 3.16. The van der Waals surface area contributed by atoms with Crippen molar-refractivity contribution in [2.45, 2.75) is 55.7 Å². The van der Waals surface area contributed by atoms with Gasteiger partial charge in [-0.25, -0.2) is 0 Å². The predicted molar refractivity (Wildman–Crippen MR) is 71.8 cm³/mol. The molecule has 0 spiro atoms. The monoisotopic (exact) mass is 308 g/mol. The number of hydrogen-bond acceptors (Lipinski definition) is 4. The van der Waals surface area contributed by atoms with Crippen LogP contribution in [0.4, 0.5) is 13.2 Å². The maximum absolute atomic E-state index is 12.1. The highest BCUT2D eigenvalue weighted by atomic mass is 32.2. The highest BCUT2D eigenvalue weighted by molar-refractivity contribution is 7.99. The molecule has 1 aliphatic rings. The molecule has 0 saturated carbocycles. The van der Waals surface area contributed by atoms with Crippen LogP contribution in [0.2, 0.25) is 0 Å². The lowest BCUT2D eigenvalue weighted by molar-refractivity contribution is -0.124. The van der Waals surface area contributed by atoms with Crippen molar-refractivity contribution >= 4 is 11.8 Å². The average molecular weight is 308 g/mol. The fourth-order valence-electron chi connectivity index (χ4n) is 2.18. The van der Waals surface area contributed by atoms with Crippen LogP contribution < -0.4 is 5.32 Å². The number of aromatic nitrogens is 3. The highest BCUT2D eigenvalue weighted by Crippen LogP contribution is 2.25. The Labute approximate surface area is 120 Å². The molecule has 1 N–H and O–H groups in total. The molecule has 4 nitrogen and oxygen atoms in total. The Morgan fingerprint density at radius 1 is 1.30 bits per heavy atom. The third kappa shape index (κ3) is 4.66. The molecular formula is C12H19F3N4S. The summed E-state index contributed by atoms with van der Waals surface area (Å²) in [6, 6.07) is 0. The van der Waals surface area contributed by atoms with Gasteiger partial charge in [0.2, 0.25) is 0 Å². The van der Waals surface area contributed by atoms with Gasteiger partial charge in [-0.15, -0.1) is 10.2 Å². The first-order valence-corrected chi connectivity index (χ1v) is 7.70. The summed E-state index contributed by atoms with van der Waals surface area (Å²) >= 11 is 1.48. The molecule has 0 radical (unpaired) electrons. The Balaban J connectivity index is 1.85. The van der Waals surface area contributed by atoms with Gasteiger partial charge < -0.3 is 9.88 Å². The third-order valence-corrected chi connectivity index (χ3v) is 4.22. The maximum Gasteiger partial charge on any atom is 0.401 e. The Morgan fingerprint density at radius 3 is 2.85 bits per heavy atom. The zero-order valence-electron chi connectivity index (χ0n) is 11.4. The molecule has 1 unspecified atom stereocenters. The molecular weight excluding hydrogens is 289 g/mol. The van der Waals surface area contributed by atoms with Crippen molar-refractivity contribution in [3.8, 4) is 0 Å². The number of fused-ring (bicyclic) bond motifs is 1. The summed E-state index contributed by atoms with van der Waals surface area (Å²) in [6.45, 7) is 2.15. The minimum absolute atomic E-state index is 0.0221. The van der Waals surface area contributed by atoms with E-state index in [1.165, 1.54) is 18.2 Å². The summed E-state index contributed by atoms with van der Waals surface area (Å²) in [5.74, 6) is 1.00. The van der Waals surface area contributed by atoms with Crippen molar-refractivity contribution in [3.63, 3.8) is 0 Å². The van der Waals surface area contributed by atoms with Crippen LogP contribution in [0, 0.1) is 0 Å². The molecule has 1 aromatic rings. The summed E-state index contributed by atoms with van der Waals surface area (Å²) in [5.41, 5.74) is 0. The predicted octanol–water partition coefficient (Wildman–Crippen LogP) is 2.64. The number of halogens is 3. The minimum atomic E-state index is -4.16. The molecule has 0 aromatic carbocycles. The first kappa shape index (κ1) is 15.6. The van der Waals surface area contributed by atoms with E-state index in [-0.39, 0.29) is 5.25 Å². The molecule has 1 aromatic heterocycles. The molecule has 0 bridgehead atoms. The van der Waals surface area contributed by atoms with Gasteiger partial charge in [-0.3, -0.25) is 0 Å². The van der Waals surface area contributed by atoms with Crippen molar-refractivity contribution < 1.29 is 13.2 Å². The number of hydrogen-bond donors (Lipinski definition) is 1. The Bertz CT molecular complexity index is 433. The summed E-state index contributed by atoms with van der Waals surface area (Å²) in [4.78, 5) is 0. The van der Waals surface area contributed by atoms with Gasteiger partial charge in [-0.05, 0) is 12.8 Å². The molecule has 1 atom stereocenters. The number of rotatable bonds is 5. The first-order chi connectivity index (χ1) is 9.46. The van der Waals surface area contributed by atoms with Crippen molar-refractivity contribution in [1.29, 1.82) is 0 Å². The number of nitrogens with zero attached hydrogens (tertiary/aromatic N) is 3. The number of nitrogens with one attached hydrogen (secondary N) is 1. The lowest BCUT2D eigenvalue weighted by Crippen LogP contribution is -2.32. The zero-order chi connectivity index (χ0) is 14.6.